The fourth-order valence-electron chi connectivity index (χ4n) is 2.31. The highest BCUT2D eigenvalue weighted by molar-refractivity contribution is 5.29. The molecule has 1 heterocycles. The van der Waals surface area contributed by atoms with Gasteiger partial charge in [-0.3, -0.25) is 4.98 Å². The zero-order chi connectivity index (χ0) is 15.5. The molecule has 1 aromatic heterocycles. The van der Waals surface area contributed by atoms with Gasteiger partial charge in [0.2, 0.25) is 0 Å². The van der Waals surface area contributed by atoms with Gasteiger partial charge in [0.05, 0.1) is 17.3 Å². The maximum atomic E-state index is 12.7. The number of nitrogens with two attached hydrogens (primary N) is 1. The highest BCUT2D eigenvalue weighted by atomic mass is 19.4. The van der Waals surface area contributed by atoms with Crippen LogP contribution in [0.5, 0.6) is 0 Å². The fraction of sp³-hybridized carbons (Fsp3) is 0.312. The molecule has 112 valence electrons. The molecular weight excluding hydrogens is 277 g/mol. The van der Waals surface area contributed by atoms with Crippen LogP contribution in [0.15, 0.2) is 42.6 Å². The van der Waals surface area contributed by atoms with Crippen LogP contribution in [0.4, 0.5) is 13.2 Å². The molecule has 0 spiro atoms. The second-order valence-electron chi connectivity index (χ2n) is 4.91. The Balaban J connectivity index is 2.22. The molecular formula is C16H17F3N2. The first-order valence-corrected chi connectivity index (χ1v) is 6.77. The summed E-state index contributed by atoms with van der Waals surface area (Å²) in [6, 6.07) is 8.63. The molecule has 0 bridgehead atoms. The molecule has 2 N–H and O–H groups in total. The maximum absolute atomic E-state index is 12.7. The average molecular weight is 294 g/mol. The van der Waals surface area contributed by atoms with Crippen LogP contribution in [-0.2, 0) is 19.0 Å². The number of pyridine rings is 1. The summed E-state index contributed by atoms with van der Waals surface area (Å²) < 4.78 is 38.1. The molecule has 0 aliphatic carbocycles. The predicted molar refractivity (Wildman–Crippen MR) is 75.7 cm³/mol. The van der Waals surface area contributed by atoms with Gasteiger partial charge in [-0.25, -0.2) is 0 Å². The molecule has 0 amide bonds. The molecule has 5 heteroatoms. The molecule has 2 nitrogen and oxygen atoms in total. The lowest BCUT2D eigenvalue weighted by Crippen LogP contribution is -2.17. The molecule has 0 fully saturated rings. The third kappa shape index (κ3) is 3.82. The van der Waals surface area contributed by atoms with E-state index in [2.05, 4.69) is 4.98 Å². The number of rotatable bonds is 4. The number of aryl methyl sites for hydroxylation is 1. The van der Waals surface area contributed by atoms with Gasteiger partial charge in [0.25, 0.3) is 0 Å². The van der Waals surface area contributed by atoms with Gasteiger partial charge in [-0.2, -0.15) is 13.2 Å². The quantitative estimate of drug-likeness (QED) is 0.928. The summed E-state index contributed by atoms with van der Waals surface area (Å²) in [5.74, 6) is 0. The molecule has 1 unspecified atom stereocenters. The van der Waals surface area contributed by atoms with Gasteiger partial charge in [0.15, 0.2) is 0 Å². The zero-order valence-electron chi connectivity index (χ0n) is 11.7. The molecule has 0 saturated heterocycles. The van der Waals surface area contributed by atoms with Crippen molar-refractivity contribution in [3.8, 4) is 0 Å². The Kier molecular flexibility index (Phi) is 4.63. The number of alkyl halides is 3. The zero-order valence-corrected chi connectivity index (χ0v) is 11.7. The summed E-state index contributed by atoms with van der Waals surface area (Å²) in [5, 5.41) is 0. The van der Waals surface area contributed by atoms with Crippen LogP contribution in [0, 0.1) is 0 Å². The number of aromatic nitrogens is 1. The monoisotopic (exact) mass is 294 g/mol. The molecule has 0 saturated carbocycles. The summed E-state index contributed by atoms with van der Waals surface area (Å²) in [6.07, 6.45) is -1.56. The maximum Gasteiger partial charge on any atom is 0.416 e. The van der Waals surface area contributed by atoms with Crippen LogP contribution < -0.4 is 5.73 Å². The molecule has 1 aromatic carbocycles. The van der Waals surface area contributed by atoms with E-state index in [-0.39, 0.29) is 0 Å². The van der Waals surface area contributed by atoms with Gasteiger partial charge in [0.1, 0.15) is 0 Å². The highest BCUT2D eigenvalue weighted by Gasteiger charge is 2.30. The topological polar surface area (TPSA) is 38.9 Å². The van der Waals surface area contributed by atoms with Crippen molar-refractivity contribution in [3.05, 3.63) is 65.0 Å². The lowest BCUT2D eigenvalue weighted by Gasteiger charge is -2.15. The van der Waals surface area contributed by atoms with E-state index in [1.54, 1.807) is 12.3 Å². The highest BCUT2D eigenvalue weighted by Crippen LogP contribution is 2.30. The van der Waals surface area contributed by atoms with E-state index in [4.69, 9.17) is 5.73 Å². The minimum absolute atomic E-state index is 0.327. The van der Waals surface area contributed by atoms with E-state index in [0.717, 1.165) is 29.8 Å². The number of nitrogens with zero attached hydrogens (tertiary/aromatic N) is 1. The van der Waals surface area contributed by atoms with Crippen LogP contribution in [0.25, 0.3) is 0 Å². The lowest BCUT2D eigenvalue weighted by atomic mass is 9.98. The standard InChI is InChI=1S/C16H17F3N2/c1-2-12-6-4-8-21-15(12)14(20)10-11-5-3-7-13(9-11)16(17,18)19/h3-9,14H,2,10,20H2,1H3. The smallest absolute Gasteiger partial charge is 0.322 e. The Labute approximate surface area is 121 Å². The van der Waals surface area contributed by atoms with Crippen molar-refractivity contribution in [2.24, 2.45) is 5.73 Å². The Morgan fingerprint density at radius 2 is 1.95 bits per heavy atom. The third-order valence-corrected chi connectivity index (χ3v) is 3.37. The summed E-state index contributed by atoms with van der Waals surface area (Å²) in [5.41, 5.74) is 7.80. The Bertz CT molecular complexity index is 608. The van der Waals surface area contributed by atoms with Crippen LogP contribution in [0.3, 0.4) is 0 Å². The molecule has 2 rings (SSSR count). The number of hydrogen-bond donors (Lipinski definition) is 1. The van der Waals surface area contributed by atoms with Gasteiger partial charge >= 0.3 is 6.18 Å². The van der Waals surface area contributed by atoms with Crippen LogP contribution >= 0.6 is 0 Å². The SMILES string of the molecule is CCc1cccnc1C(N)Cc1cccc(C(F)(F)F)c1. The van der Waals surface area contributed by atoms with Crippen molar-refractivity contribution in [1.29, 1.82) is 0 Å². The van der Waals surface area contributed by atoms with Crippen molar-refractivity contribution >= 4 is 0 Å². The van der Waals surface area contributed by atoms with Crippen LogP contribution in [0.1, 0.15) is 35.3 Å². The third-order valence-electron chi connectivity index (χ3n) is 3.37. The number of benzene rings is 1. The van der Waals surface area contributed by atoms with Gasteiger partial charge in [0, 0.05) is 6.20 Å². The summed E-state index contributed by atoms with van der Waals surface area (Å²) in [4.78, 5) is 4.27. The number of halogens is 3. The van der Waals surface area contributed by atoms with Gasteiger partial charge in [-0.1, -0.05) is 31.2 Å². The van der Waals surface area contributed by atoms with Crippen molar-refractivity contribution in [2.75, 3.05) is 0 Å². The van der Waals surface area contributed by atoms with E-state index in [9.17, 15) is 13.2 Å². The average Bonchev–Trinajstić information content (AvgIpc) is 2.46. The minimum Gasteiger partial charge on any atom is -0.322 e. The minimum atomic E-state index is -4.33. The first-order valence-electron chi connectivity index (χ1n) is 6.77. The normalized spacial score (nSPS) is 13.2. The molecule has 2 aromatic rings. The largest absolute Gasteiger partial charge is 0.416 e. The first kappa shape index (κ1) is 15.5. The predicted octanol–water partition coefficient (Wildman–Crippen LogP) is 3.91. The van der Waals surface area contributed by atoms with E-state index in [1.807, 2.05) is 19.1 Å². The van der Waals surface area contributed by atoms with Crippen LogP contribution in [-0.4, -0.2) is 4.98 Å². The second kappa shape index (κ2) is 6.26. The summed E-state index contributed by atoms with van der Waals surface area (Å²) in [7, 11) is 0. The van der Waals surface area contributed by atoms with Gasteiger partial charge in [-0.15, -0.1) is 0 Å². The molecule has 21 heavy (non-hydrogen) atoms. The Hall–Kier alpha value is -1.88. The number of hydrogen-bond acceptors (Lipinski definition) is 2. The fourth-order valence-corrected chi connectivity index (χ4v) is 2.31. The van der Waals surface area contributed by atoms with Crippen LogP contribution in [0.2, 0.25) is 0 Å². The van der Waals surface area contributed by atoms with Crippen molar-refractivity contribution in [3.63, 3.8) is 0 Å². The van der Waals surface area contributed by atoms with E-state index >= 15 is 0 Å². The summed E-state index contributed by atoms with van der Waals surface area (Å²) in [6.45, 7) is 2.00. The van der Waals surface area contributed by atoms with E-state index < -0.39 is 17.8 Å². The van der Waals surface area contributed by atoms with Gasteiger partial charge in [-0.05, 0) is 36.1 Å². The molecule has 0 aliphatic heterocycles. The second-order valence-corrected chi connectivity index (χ2v) is 4.91. The van der Waals surface area contributed by atoms with E-state index in [1.165, 1.54) is 6.07 Å². The first-order chi connectivity index (χ1) is 9.91. The Morgan fingerprint density at radius 3 is 2.62 bits per heavy atom. The van der Waals surface area contributed by atoms with Crippen molar-refractivity contribution in [2.45, 2.75) is 32.0 Å². The summed E-state index contributed by atoms with van der Waals surface area (Å²) >= 11 is 0. The molecule has 0 radical (unpaired) electrons. The molecule has 0 aliphatic rings. The lowest BCUT2D eigenvalue weighted by molar-refractivity contribution is -0.137. The van der Waals surface area contributed by atoms with Crippen molar-refractivity contribution in [1.82, 2.24) is 4.98 Å². The Morgan fingerprint density at radius 1 is 1.19 bits per heavy atom. The molecule has 1 atom stereocenters. The van der Waals surface area contributed by atoms with E-state index in [0.29, 0.717) is 12.0 Å². The van der Waals surface area contributed by atoms with Gasteiger partial charge < -0.3 is 5.73 Å². The van der Waals surface area contributed by atoms with Crippen molar-refractivity contribution < 1.29 is 13.2 Å².